The molecule has 5 heteroatoms. The number of rotatable bonds is 0. The summed E-state index contributed by atoms with van der Waals surface area (Å²) in [4.78, 5) is 4.67. The predicted molar refractivity (Wildman–Crippen MR) is 90.5 cm³/mol. The molecule has 0 bridgehead atoms. The topological polar surface area (TPSA) is 59.0 Å². The first kappa shape index (κ1) is 15.2. The van der Waals surface area contributed by atoms with Gasteiger partial charge in [0.2, 0.25) is 0 Å². The second-order valence-electron chi connectivity index (χ2n) is 7.41. The third-order valence-corrected chi connectivity index (χ3v) is 5.61. The standard InChI is InChI=1S/C19H20N3O2/c1-18(2)19(3,4)22(24)17(21(18)23)15-11-13-10-9-12-7-5-6-8-14(12)16(13)20-15/h5-11,23H,1-4H3/b17-15+. The van der Waals surface area contributed by atoms with E-state index in [0.717, 1.165) is 31.5 Å². The molecule has 0 unspecified atom stereocenters. The third-order valence-electron chi connectivity index (χ3n) is 5.61. The van der Waals surface area contributed by atoms with Gasteiger partial charge >= 0.3 is 0 Å². The molecular formula is C19H20N3O2. The maximum Gasteiger partial charge on any atom is 0.183 e. The Balaban J connectivity index is 2.00. The zero-order chi connectivity index (χ0) is 17.3. The molecule has 0 amide bonds. The van der Waals surface area contributed by atoms with E-state index < -0.39 is 11.1 Å². The van der Waals surface area contributed by atoms with Crippen LogP contribution in [0, 0.1) is 0 Å². The molecule has 1 N–H and O–H groups in total. The smallest absolute Gasteiger partial charge is 0.183 e. The summed E-state index contributed by atoms with van der Waals surface area (Å²) in [6, 6.07) is 12.1. The first-order valence-corrected chi connectivity index (χ1v) is 8.04. The Morgan fingerprint density at radius 3 is 2.38 bits per heavy atom. The molecule has 24 heavy (non-hydrogen) atoms. The lowest BCUT2D eigenvalue weighted by molar-refractivity contribution is -0.181. The van der Waals surface area contributed by atoms with E-state index in [0.29, 0.717) is 5.70 Å². The number of benzene rings is 2. The molecule has 0 saturated carbocycles. The van der Waals surface area contributed by atoms with Crippen LogP contribution in [0.15, 0.2) is 52.9 Å². The van der Waals surface area contributed by atoms with E-state index in [4.69, 9.17) is 0 Å². The molecule has 2 aliphatic heterocycles. The van der Waals surface area contributed by atoms with E-state index in [2.05, 4.69) is 4.99 Å². The van der Waals surface area contributed by atoms with Gasteiger partial charge in [-0.2, -0.15) is 5.06 Å². The summed E-state index contributed by atoms with van der Waals surface area (Å²) in [5.74, 6) is 0.199. The Bertz CT molecular complexity index is 983. The van der Waals surface area contributed by atoms with Crippen molar-refractivity contribution < 1.29 is 10.4 Å². The maximum absolute atomic E-state index is 12.8. The minimum atomic E-state index is -0.774. The van der Waals surface area contributed by atoms with Crippen LogP contribution >= 0.6 is 0 Å². The fraction of sp³-hybridized carbons (Fsp3) is 0.316. The molecule has 0 atom stereocenters. The lowest BCUT2D eigenvalue weighted by atomic mass is 9.84. The lowest BCUT2D eigenvalue weighted by Crippen LogP contribution is -2.52. The van der Waals surface area contributed by atoms with Gasteiger partial charge in [-0.05, 0) is 39.2 Å². The van der Waals surface area contributed by atoms with E-state index in [9.17, 15) is 10.4 Å². The van der Waals surface area contributed by atoms with Gasteiger partial charge in [0.1, 0.15) is 5.70 Å². The molecule has 2 heterocycles. The molecule has 2 aliphatic rings. The fourth-order valence-corrected chi connectivity index (χ4v) is 3.26. The first-order chi connectivity index (χ1) is 11.2. The summed E-state index contributed by atoms with van der Waals surface area (Å²) in [5, 5.41) is 29.3. The highest BCUT2D eigenvalue weighted by atomic mass is 16.6. The van der Waals surface area contributed by atoms with E-state index in [1.165, 1.54) is 0 Å². The average Bonchev–Trinajstić information content (AvgIpc) is 3.02. The highest BCUT2D eigenvalue weighted by Crippen LogP contribution is 2.44. The van der Waals surface area contributed by atoms with Crippen molar-refractivity contribution in [2.24, 2.45) is 4.99 Å². The second-order valence-corrected chi connectivity index (χ2v) is 7.41. The Labute approximate surface area is 140 Å². The van der Waals surface area contributed by atoms with Crippen LogP contribution in [0.4, 0.5) is 0 Å². The third kappa shape index (κ3) is 1.74. The van der Waals surface area contributed by atoms with Gasteiger partial charge in [-0.3, -0.25) is 5.21 Å². The van der Waals surface area contributed by atoms with Crippen LogP contribution < -0.4 is 10.6 Å². The van der Waals surface area contributed by atoms with Crippen molar-refractivity contribution in [3.05, 3.63) is 58.5 Å². The SMILES string of the molecule is CC1(C)N([O])/C(=C2\C=c3ccc4ccccc4c3=N2)N(O)C1(C)C. The van der Waals surface area contributed by atoms with Crippen LogP contribution in [0.2, 0.25) is 0 Å². The van der Waals surface area contributed by atoms with Gasteiger partial charge in [0.05, 0.1) is 16.4 Å². The van der Waals surface area contributed by atoms with Crippen LogP contribution in [-0.2, 0) is 5.21 Å². The van der Waals surface area contributed by atoms with Crippen molar-refractivity contribution in [3.63, 3.8) is 0 Å². The minimum absolute atomic E-state index is 0.199. The molecule has 0 spiro atoms. The van der Waals surface area contributed by atoms with Crippen LogP contribution in [-0.4, -0.2) is 26.4 Å². The van der Waals surface area contributed by atoms with Gasteiger partial charge < -0.3 is 0 Å². The number of fused-ring (bicyclic) bond motifs is 3. The molecule has 1 saturated heterocycles. The van der Waals surface area contributed by atoms with Crippen LogP contribution in [0.25, 0.3) is 16.8 Å². The first-order valence-electron chi connectivity index (χ1n) is 8.04. The summed E-state index contributed by atoms with van der Waals surface area (Å²) in [6.07, 6.45) is 1.86. The van der Waals surface area contributed by atoms with Crippen molar-refractivity contribution in [2.75, 3.05) is 0 Å². The van der Waals surface area contributed by atoms with Gasteiger partial charge in [0, 0.05) is 10.6 Å². The number of hydroxylamine groups is 4. The van der Waals surface area contributed by atoms with Crippen molar-refractivity contribution in [1.82, 2.24) is 10.1 Å². The number of nitrogens with zero attached hydrogens (tertiary/aromatic N) is 3. The van der Waals surface area contributed by atoms with Crippen LogP contribution in [0.3, 0.4) is 0 Å². The number of hydrogen-bond acceptors (Lipinski definition) is 4. The quantitative estimate of drug-likeness (QED) is 0.810. The Hall–Kier alpha value is -2.37. The predicted octanol–water partition coefficient (Wildman–Crippen LogP) is 2.33. The zero-order valence-corrected chi connectivity index (χ0v) is 14.2. The molecule has 4 rings (SSSR count). The van der Waals surface area contributed by atoms with Gasteiger partial charge in [0.15, 0.2) is 5.82 Å². The fourth-order valence-electron chi connectivity index (χ4n) is 3.26. The Kier molecular flexibility index (Phi) is 2.90. The highest BCUT2D eigenvalue weighted by Gasteiger charge is 2.57. The highest BCUT2D eigenvalue weighted by molar-refractivity contribution is 5.83. The summed E-state index contributed by atoms with van der Waals surface area (Å²) < 4.78 is 0. The van der Waals surface area contributed by atoms with Gasteiger partial charge in [-0.25, -0.2) is 10.1 Å². The van der Waals surface area contributed by atoms with Gasteiger partial charge in [-0.1, -0.05) is 41.6 Å². The van der Waals surface area contributed by atoms with Gasteiger partial charge in [0.25, 0.3) is 0 Å². The summed E-state index contributed by atoms with van der Waals surface area (Å²) in [5.41, 5.74) is -1.00. The molecule has 0 aliphatic carbocycles. The number of hydrogen-bond donors (Lipinski definition) is 1. The van der Waals surface area contributed by atoms with Crippen molar-refractivity contribution in [2.45, 2.75) is 38.8 Å². The second kappa shape index (κ2) is 4.59. The average molecular weight is 322 g/mol. The lowest BCUT2D eigenvalue weighted by Gasteiger charge is -2.36. The van der Waals surface area contributed by atoms with Crippen LogP contribution in [0.1, 0.15) is 27.7 Å². The molecule has 0 aromatic heterocycles. The van der Waals surface area contributed by atoms with Crippen molar-refractivity contribution in [1.29, 1.82) is 0 Å². The van der Waals surface area contributed by atoms with Gasteiger partial charge in [-0.15, -0.1) is 0 Å². The van der Waals surface area contributed by atoms with Crippen LogP contribution in [0.5, 0.6) is 0 Å². The summed E-state index contributed by atoms with van der Waals surface area (Å²) >= 11 is 0. The van der Waals surface area contributed by atoms with Crippen molar-refractivity contribution >= 4 is 16.8 Å². The monoisotopic (exact) mass is 322 g/mol. The van der Waals surface area contributed by atoms with E-state index in [-0.39, 0.29) is 5.82 Å². The van der Waals surface area contributed by atoms with Crippen molar-refractivity contribution in [3.8, 4) is 0 Å². The Morgan fingerprint density at radius 1 is 1.00 bits per heavy atom. The summed E-state index contributed by atoms with van der Waals surface area (Å²) in [6.45, 7) is 7.36. The number of allylic oxidation sites excluding steroid dienone is 1. The van der Waals surface area contributed by atoms with E-state index in [1.54, 1.807) is 0 Å². The maximum atomic E-state index is 12.8. The normalized spacial score (nSPS) is 24.1. The van der Waals surface area contributed by atoms with E-state index >= 15 is 0 Å². The molecule has 2 aromatic carbocycles. The zero-order valence-electron chi connectivity index (χ0n) is 14.2. The molecule has 123 valence electrons. The largest absolute Gasteiger partial charge is 0.286 e. The molecule has 1 fully saturated rings. The van der Waals surface area contributed by atoms with E-state index in [1.807, 2.05) is 70.2 Å². The molecule has 1 radical (unpaired) electrons. The summed E-state index contributed by atoms with van der Waals surface area (Å²) in [7, 11) is 0. The molecule has 5 nitrogen and oxygen atoms in total. The molecular weight excluding hydrogens is 302 g/mol. The minimum Gasteiger partial charge on any atom is -0.286 e. The Morgan fingerprint density at radius 2 is 1.71 bits per heavy atom. The molecule has 2 aromatic rings.